The highest BCUT2D eigenvalue weighted by molar-refractivity contribution is 6.41. The molecule has 0 fully saturated rings. The van der Waals surface area contributed by atoms with E-state index in [4.69, 9.17) is 10.5 Å². The van der Waals surface area contributed by atoms with Crippen LogP contribution in [0.15, 0.2) is 29.4 Å². The molecule has 0 aliphatic carbocycles. The van der Waals surface area contributed by atoms with Crippen molar-refractivity contribution in [2.75, 3.05) is 26.5 Å². The average molecular weight is 236 g/mol. The fourth-order valence-corrected chi connectivity index (χ4v) is 1.13. The van der Waals surface area contributed by atoms with Gasteiger partial charge in [-0.1, -0.05) is 0 Å². The third-order valence-corrected chi connectivity index (χ3v) is 1.89. The largest absolute Gasteiger partial charge is 0.497 e. The van der Waals surface area contributed by atoms with Crippen LogP contribution in [0.25, 0.3) is 0 Å². The van der Waals surface area contributed by atoms with Crippen molar-refractivity contribution in [3.8, 4) is 5.75 Å². The molecule has 3 N–H and O–H groups in total. The second kappa shape index (κ2) is 5.74. The lowest BCUT2D eigenvalue weighted by Gasteiger charge is -2.08. The minimum absolute atomic E-state index is 0.0918. The van der Waals surface area contributed by atoms with E-state index in [-0.39, 0.29) is 5.84 Å². The van der Waals surface area contributed by atoms with E-state index in [1.165, 1.54) is 5.01 Å². The lowest BCUT2D eigenvalue weighted by atomic mass is 10.3. The maximum absolute atomic E-state index is 11.6. The van der Waals surface area contributed by atoms with Gasteiger partial charge in [0.15, 0.2) is 0 Å². The lowest BCUT2D eigenvalue weighted by molar-refractivity contribution is -0.110. The molecule has 1 aromatic rings. The Labute approximate surface area is 100 Å². The maximum atomic E-state index is 11.6. The fourth-order valence-electron chi connectivity index (χ4n) is 1.13. The zero-order chi connectivity index (χ0) is 12.8. The first kappa shape index (κ1) is 12.8. The summed E-state index contributed by atoms with van der Waals surface area (Å²) in [5.74, 6) is 0.188. The number of methoxy groups -OCH3 is 1. The smallest absolute Gasteiger partial charge is 0.292 e. The van der Waals surface area contributed by atoms with Crippen molar-refractivity contribution in [3.05, 3.63) is 24.3 Å². The molecular weight excluding hydrogens is 220 g/mol. The number of anilines is 1. The number of rotatable bonds is 3. The first-order valence-corrected chi connectivity index (χ1v) is 4.99. The number of carbonyl (C=O) groups excluding carboxylic acids is 1. The normalized spacial score (nSPS) is 10.9. The highest BCUT2D eigenvalue weighted by Crippen LogP contribution is 2.14. The number of amides is 1. The predicted molar refractivity (Wildman–Crippen MR) is 66.9 cm³/mol. The molecule has 6 heteroatoms. The Morgan fingerprint density at radius 3 is 2.41 bits per heavy atom. The summed E-state index contributed by atoms with van der Waals surface area (Å²) in [5, 5.41) is 7.88. The maximum Gasteiger partial charge on any atom is 0.292 e. The van der Waals surface area contributed by atoms with Crippen LogP contribution in [-0.2, 0) is 4.79 Å². The molecule has 1 aromatic carbocycles. The molecule has 0 bridgehead atoms. The summed E-state index contributed by atoms with van der Waals surface area (Å²) in [7, 11) is 4.95. The van der Waals surface area contributed by atoms with Gasteiger partial charge in [-0.05, 0) is 24.3 Å². The Balaban J connectivity index is 2.67. The number of hydrogen-bond acceptors (Lipinski definition) is 4. The van der Waals surface area contributed by atoms with Crippen molar-refractivity contribution in [1.82, 2.24) is 5.01 Å². The van der Waals surface area contributed by atoms with E-state index < -0.39 is 5.91 Å². The van der Waals surface area contributed by atoms with Crippen LogP contribution in [0.2, 0.25) is 0 Å². The fraction of sp³-hybridized carbons (Fsp3) is 0.273. The summed E-state index contributed by atoms with van der Waals surface area (Å²) in [6, 6.07) is 6.93. The van der Waals surface area contributed by atoms with E-state index in [1.807, 2.05) is 0 Å². The zero-order valence-corrected chi connectivity index (χ0v) is 10.1. The minimum atomic E-state index is -0.441. The summed E-state index contributed by atoms with van der Waals surface area (Å²) >= 11 is 0. The molecule has 0 atom stereocenters. The number of benzene rings is 1. The van der Waals surface area contributed by atoms with E-state index in [0.29, 0.717) is 5.69 Å². The van der Waals surface area contributed by atoms with Crippen molar-refractivity contribution in [3.63, 3.8) is 0 Å². The second-order valence-corrected chi connectivity index (χ2v) is 3.52. The number of nitrogens with two attached hydrogens (primary N) is 1. The highest BCUT2D eigenvalue weighted by atomic mass is 16.5. The van der Waals surface area contributed by atoms with Gasteiger partial charge < -0.3 is 20.8 Å². The van der Waals surface area contributed by atoms with Gasteiger partial charge in [-0.15, -0.1) is 0 Å². The summed E-state index contributed by atoms with van der Waals surface area (Å²) < 4.78 is 5.01. The number of hydrogen-bond donors (Lipinski definition) is 2. The molecule has 0 saturated carbocycles. The van der Waals surface area contributed by atoms with Crippen molar-refractivity contribution in [2.45, 2.75) is 0 Å². The molecule has 0 unspecified atom stereocenters. The summed E-state index contributed by atoms with van der Waals surface area (Å²) in [4.78, 5) is 11.6. The topological polar surface area (TPSA) is 79.9 Å². The van der Waals surface area contributed by atoms with Crippen LogP contribution in [0, 0.1) is 0 Å². The molecule has 0 spiro atoms. The Bertz CT molecular complexity index is 412. The van der Waals surface area contributed by atoms with E-state index in [9.17, 15) is 4.79 Å². The highest BCUT2D eigenvalue weighted by Gasteiger charge is 2.07. The number of carbonyl (C=O) groups is 1. The van der Waals surface area contributed by atoms with Gasteiger partial charge in [-0.2, -0.15) is 5.10 Å². The van der Waals surface area contributed by atoms with Gasteiger partial charge in [0.05, 0.1) is 7.11 Å². The SMILES string of the molecule is COc1ccc(NC(=O)/C(N)=N\N(C)C)cc1. The molecule has 0 aliphatic heterocycles. The molecule has 0 heterocycles. The quantitative estimate of drug-likeness (QED) is 0.454. The summed E-state index contributed by atoms with van der Waals surface area (Å²) in [5.41, 5.74) is 6.13. The first-order chi connectivity index (χ1) is 8.02. The lowest BCUT2D eigenvalue weighted by Crippen LogP contribution is -2.32. The Hall–Kier alpha value is -2.24. The van der Waals surface area contributed by atoms with E-state index in [2.05, 4.69) is 10.4 Å². The van der Waals surface area contributed by atoms with Crippen molar-refractivity contribution >= 4 is 17.4 Å². The molecule has 17 heavy (non-hydrogen) atoms. The third kappa shape index (κ3) is 4.02. The molecule has 92 valence electrons. The van der Waals surface area contributed by atoms with E-state index in [1.54, 1.807) is 45.5 Å². The number of nitrogens with zero attached hydrogens (tertiary/aromatic N) is 2. The summed E-state index contributed by atoms with van der Waals surface area (Å²) in [6.07, 6.45) is 0. The van der Waals surface area contributed by atoms with Crippen molar-refractivity contribution in [1.29, 1.82) is 0 Å². The number of ether oxygens (including phenoxy) is 1. The predicted octanol–water partition coefficient (Wildman–Crippen LogP) is 0.467. The molecule has 0 radical (unpaired) electrons. The Morgan fingerprint density at radius 1 is 1.35 bits per heavy atom. The molecule has 0 aromatic heterocycles. The van der Waals surface area contributed by atoms with E-state index >= 15 is 0 Å². The van der Waals surface area contributed by atoms with Gasteiger partial charge in [0.25, 0.3) is 5.91 Å². The van der Waals surface area contributed by atoms with Gasteiger partial charge in [-0.3, -0.25) is 4.79 Å². The van der Waals surface area contributed by atoms with Crippen LogP contribution >= 0.6 is 0 Å². The first-order valence-electron chi connectivity index (χ1n) is 4.99. The van der Waals surface area contributed by atoms with Gasteiger partial charge >= 0.3 is 0 Å². The van der Waals surface area contributed by atoms with Gasteiger partial charge in [0.2, 0.25) is 5.84 Å². The van der Waals surface area contributed by atoms with Gasteiger partial charge in [0.1, 0.15) is 5.75 Å². The van der Waals surface area contributed by atoms with Crippen LogP contribution in [0.5, 0.6) is 5.75 Å². The molecule has 0 aliphatic rings. The average Bonchev–Trinajstić information content (AvgIpc) is 2.29. The zero-order valence-electron chi connectivity index (χ0n) is 10.1. The van der Waals surface area contributed by atoms with Crippen LogP contribution in [0.4, 0.5) is 5.69 Å². The molecule has 1 amide bonds. The van der Waals surface area contributed by atoms with Gasteiger partial charge in [0, 0.05) is 19.8 Å². The Morgan fingerprint density at radius 2 is 1.94 bits per heavy atom. The van der Waals surface area contributed by atoms with Crippen molar-refractivity contribution in [2.24, 2.45) is 10.8 Å². The molecular formula is C11H16N4O2. The monoisotopic (exact) mass is 236 g/mol. The van der Waals surface area contributed by atoms with Gasteiger partial charge in [-0.25, -0.2) is 0 Å². The van der Waals surface area contributed by atoms with E-state index in [0.717, 1.165) is 5.75 Å². The molecule has 1 rings (SSSR count). The number of nitrogens with one attached hydrogen (secondary N) is 1. The third-order valence-electron chi connectivity index (χ3n) is 1.89. The van der Waals surface area contributed by atoms with Crippen LogP contribution in [-0.4, -0.2) is 38.0 Å². The Kier molecular flexibility index (Phi) is 4.33. The summed E-state index contributed by atoms with van der Waals surface area (Å²) in [6.45, 7) is 0. The number of amidine groups is 1. The molecule has 0 saturated heterocycles. The standard InChI is InChI=1S/C11H16N4O2/c1-15(2)14-10(12)11(16)13-8-4-6-9(17-3)7-5-8/h4-7H,1-3H3,(H2,12,14)(H,13,16). The second-order valence-electron chi connectivity index (χ2n) is 3.52. The van der Waals surface area contributed by atoms with Crippen molar-refractivity contribution < 1.29 is 9.53 Å². The van der Waals surface area contributed by atoms with Crippen LogP contribution in [0.1, 0.15) is 0 Å². The van der Waals surface area contributed by atoms with Crippen LogP contribution < -0.4 is 15.8 Å². The molecule has 6 nitrogen and oxygen atoms in total. The number of hydrazone groups is 1. The van der Waals surface area contributed by atoms with Crippen LogP contribution in [0.3, 0.4) is 0 Å². The minimum Gasteiger partial charge on any atom is -0.497 e.